The van der Waals surface area contributed by atoms with E-state index in [1.54, 1.807) is 37.3 Å². The minimum atomic E-state index is -3.75. The average molecular weight is 406 g/mol. The van der Waals surface area contributed by atoms with Gasteiger partial charge in [0.05, 0.1) is 19.7 Å². The molecule has 2 aromatic carbocycles. The van der Waals surface area contributed by atoms with Crippen LogP contribution in [0.3, 0.4) is 0 Å². The summed E-state index contributed by atoms with van der Waals surface area (Å²) in [6.45, 7) is 1.33. The fourth-order valence-electron chi connectivity index (χ4n) is 2.45. The second kappa shape index (κ2) is 9.48. The summed E-state index contributed by atoms with van der Waals surface area (Å²) in [5.41, 5.74) is 1.28. The van der Waals surface area contributed by atoms with Gasteiger partial charge < -0.3 is 10.1 Å². The first-order valence-corrected chi connectivity index (χ1v) is 10.1. The van der Waals surface area contributed by atoms with Crippen LogP contribution < -0.4 is 10.1 Å². The van der Waals surface area contributed by atoms with E-state index in [-0.39, 0.29) is 12.3 Å². The van der Waals surface area contributed by atoms with Crippen LogP contribution in [0.4, 0.5) is 4.39 Å². The SMILES string of the molecule is COc1ccc([C@@H](C)NC(=O)CN(C)S(=O)(=O)/C=C/c2ccccc2)cc1F. The molecule has 0 bridgehead atoms. The van der Waals surface area contributed by atoms with E-state index in [1.165, 1.54) is 32.4 Å². The molecule has 1 N–H and O–H groups in total. The minimum Gasteiger partial charge on any atom is -0.494 e. The molecule has 150 valence electrons. The smallest absolute Gasteiger partial charge is 0.236 e. The maximum Gasteiger partial charge on any atom is 0.236 e. The minimum absolute atomic E-state index is 0.110. The molecule has 0 saturated carbocycles. The van der Waals surface area contributed by atoms with E-state index in [0.717, 1.165) is 15.3 Å². The van der Waals surface area contributed by atoms with Crippen LogP contribution in [-0.2, 0) is 14.8 Å². The van der Waals surface area contributed by atoms with Crippen LogP contribution in [0.15, 0.2) is 53.9 Å². The molecule has 2 aromatic rings. The number of nitrogens with one attached hydrogen (secondary N) is 1. The Balaban J connectivity index is 1.97. The van der Waals surface area contributed by atoms with Crippen LogP contribution in [0.1, 0.15) is 24.1 Å². The molecule has 28 heavy (non-hydrogen) atoms. The van der Waals surface area contributed by atoms with Gasteiger partial charge in [-0.3, -0.25) is 4.79 Å². The number of carbonyl (C=O) groups excluding carboxylic acids is 1. The van der Waals surface area contributed by atoms with Crippen molar-refractivity contribution in [3.8, 4) is 5.75 Å². The fourth-order valence-corrected chi connectivity index (χ4v) is 3.28. The Hall–Kier alpha value is -2.71. The number of ether oxygens (including phenoxy) is 1. The first-order chi connectivity index (χ1) is 13.2. The van der Waals surface area contributed by atoms with Crippen molar-refractivity contribution in [2.75, 3.05) is 20.7 Å². The normalized spacial score (nSPS) is 12.9. The summed E-state index contributed by atoms with van der Waals surface area (Å²) in [6, 6.07) is 12.9. The van der Waals surface area contributed by atoms with Gasteiger partial charge >= 0.3 is 0 Å². The van der Waals surface area contributed by atoms with Crippen molar-refractivity contribution < 1.29 is 22.3 Å². The lowest BCUT2D eigenvalue weighted by Gasteiger charge is -2.18. The number of carbonyl (C=O) groups is 1. The van der Waals surface area contributed by atoms with Crippen molar-refractivity contribution in [1.29, 1.82) is 0 Å². The van der Waals surface area contributed by atoms with Gasteiger partial charge in [-0.15, -0.1) is 0 Å². The second-order valence-corrected chi connectivity index (χ2v) is 8.12. The lowest BCUT2D eigenvalue weighted by molar-refractivity contribution is -0.121. The number of benzene rings is 2. The van der Waals surface area contributed by atoms with E-state index in [9.17, 15) is 17.6 Å². The van der Waals surface area contributed by atoms with E-state index in [2.05, 4.69) is 5.32 Å². The number of nitrogens with zero attached hydrogens (tertiary/aromatic N) is 1. The van der Waals surface area contributed by atoms with Gasteiger partial charge in [-0.2, -0.15) is 4.31 Å². The third-order valence-electron chi connectivity index (χ3n) is 4.09. The third kappa shape index (κ3) is 5.90. The lowest BCUT2D eigenvalue weighted by Crippen LogP contribution is -2.38. The Morgan fingerprint density at radius 1 is 1.25 bits per heavy atom. The van der Waals surface area contributed by atoms with Crippen LogP contribution in [-0.4, -0.2) is 39.3 Å². The van der Waals surface area contributed by atoms with Gasteiger partial charge in [0.15, 0.2) is 11.6 Å². The monoisotopic (exact) mass is 406 g/mol. The zero-order valence-corrected chi connectivity index (χ0v) is 16.7. The van der Waals surface area contributed by atoms with E-state index in [0.29, 0.717) is 5.56 Å². The molecular weight excluding hydrogens is 383 g/mol. The highest BCUT2D eigenvalue weighted by Crippen LogP contribution is 2.21. The number of methoxy groups -OCH3 is 1. The number of rotatable bonds is 8. The first-order valence-electron chi connectivity index (χ1n) is 8.55. The van der Waals surface area contributed by atoms with E-state index in [4.69, 9.17) is 4.74 Å². The van der Waals surface area contributed by atoms with Gasteiger partial charge in [-0.1, -0.05) is 36.4 Å². The lowest BCUT2D eigenvalue weighted by atomic mass is 10.1. The zero-order valence-electron chi connectivity index (χ0n) is 15.9. The van der Waals surface area contributed by atoms with Crippen LogP contribution >= 0.6 is 0 Å². The molecule has 0 spiro atoms. The average Bonchev–Trinajstić information content (AvgIpc) is 2.67. The number of hydrogen-bond donors (Lipinski definition) is 1. The summed E-state index contributed by atoms with van der Waals surface area (Å²) in [7, 11) is -1.07. The number of sulfonamides is 1. The molecule has 0 radical (unpaired) electrons. The molecule has 0 aliphatic heterocycles. The van der Waals surface area contributed by atoms with Gasteiger partial charge in [0.25, 0.3) is 0 Å². The molecule has 0 fully saturated rings. The van der Waals surface area contributed by atoms with Crippen LogP contribution in [0.25, 0.3) is 6.08 Å². The van der Waals surface area contributed by atoms with Crippen molar-refractivity contribution in [1.82, 2.24) is 9.62 Å². The summed E-state index contributed by atoms with van der Waals surface area (Å²) in [4.78, 5) is 12.2. The van der Waals surface area contributed by atoms with Crippen molar-refractivity contribution >= 4 is 22.0 Å². The Labute approximate surface area is 164 Å². The highest BCUT2D eigenvalue weighted by atomic mass is 32.2. The molecule has 0 unspecified atom stereocenters. The fraction of sp³-hybridized carbons (Fsp3) is 0.250. The Bertz CT molecular complexity index is 946. The third-order valence-corrected chi connectivity index (χ3v) is 5.56. The van der Waals surface area contributed by atoms with Gasteiger partial charge in [-0.05, 0) is 36.3 Å². The van der Waals surface area contributed by atoms with Crippen molar-refractivity contribution in [2.45, 2.75) is 13.0 Å². The van der Waals surface area contributed by atoms with Gasteiger partial charge in [0.1, 0.15) is 0 Å². The summed E-state index contributed by atoms with van der Waals surface area (Å²) in [5.74, 6) is -0.923. The van der Waals surface area contributed by atoms with Crippen molar-refractivity contribution in [3.05, 3.63) is 70.9 Å². The Morgan fingerprint density at radius 2 is 1.93 bits per heavy atom. The maximum atomic E-state index is 13.8. The van der Waals surface area contributed by atoms with Gasteiger partial charge in [-0.25, -0.2) is 12.8 Å². The molecule has 6 nitrogen and oxygen atoms in total. The van der Waals surface area contributed by atoms with Gasteiger partial charge in [0, 0.05) is 12.5 Å². The standard InChI is InChI=1S/C20H23FN2O4S/c1-15(17-9-10-19(27-3)18(21)13-17)22-20(24)14-23(2)28(25,26)12-11-16-7-5-4-6-8-16/h4-13,15H,14H2,1-3H3,(H,22,24)/b12-11+/t15-/m1/s1. The van der Waals surface area contributed by atoms with Crippen LogP contribution in [0.2, 0.25) is 0 Å². The largest absolute Gasteiger partial charge is 0.494 e. The molecule has 0 aliphatic carbocycles. The van der Waals surface area contributed by atoms with Crippen LogP contribution in [0, 0.1) is 5.82 Å². The zero-order chi connectivity index (χ0) is 20.7. The van der Waals surface area contributed by atoms with Crippen molar-refractivity contribution in [3.63, 3.8) is 0 Å². The molecule has 0 saturated heterocycles. The topological polar surface area (TPSA) is 75.7 Å². The van der Waals surface area contributed by atoms with Gasteiger partial charge in [0.2, 0.25) is 15.9 Å². The van der Waals surface area contributed by atoms with E-state index >= 15 is 0 Å². The van der Waals surface area contributed by atoms with Crippen LogP contribution in [0.5, 0.6) is 5.75 Å². The predicted octanol–water partition coefficient (Wildman–Crippen LogP) is 2.94. The van der Waals surface area contributed by atoms with Crippen molar-refractivity contribution in [2.24, 2.45) is 0 Å². The molecule has 0 heterocycles. The predicted molar refractivity (Wildman–Crippen MR) is 107 cm³/mol. The molecule has 2 rings (SSSR count). The number of likely N-dealkylation sites (N-methyl/N-ethyl adjacent to an activating group) is 1. The quantitative estimate of drug-likeness (QED) is 0.731. The Kier molecular flexibility index (Phi) is 7.31. The van der Waals surface area contributed by atoms with E-state index < -0.39 is 27.8 Å². The molecule has 8 heteroatoms. The summed E-state index contributed by atoms with van der Waals surface area (Å²) < 4.78 is 44.2. The highest BCUT2D eigenvalue weighted by Gasteiger charge is 2.19. The summed E-state index contributed by atoms with van der Waals surface area (Å²) in [5, 5.41) is 3.71. The number of hydrogen-bond acceptors (Lipinski definition) is 4. The molecule has 1 atom stereocenters. The van der Waals surface area contributed by atoms with E-state index in [1.807, 2.05) is 6.07 Å². The molecule has 0 aromatic heterocycles. The number of halogens is 1. The molecular formula is C20H23FN2O4S. The molecule has 1 amide bonds. The maximum absolute atomic E-state index is 13.8. The number of amides is 1. The summed E-state index contributed by atoms with van der Waals surface area (Å²) >= 11 is 0. The summed E-state index contributed by atoms with van der Waals surface area (Å²) in [6.07, 6.45) is 1.46. The first kappa shape index (κ1) is 21.6. The Morgan fingerprint density at radius 3 is 2.54 bits per heavy atom. The second-order valence-electron chi connectivity index (χ2n) is 6.20. The molecule has 0 aliphatic rings. The highest BCUT2D eigenvalue weighted by molar-refractivity contribution is 7.92.